The molecule has 0 aromatic rings. The van der Waals surface area contributed by atoms with Crippen molar-refractivity contribution < 1.29 is 18.6 Å². The fourth-order valence-electron chi connectivity index (χ4n) is 1.56. The Morgan fingerprint density at radius 2 is 2.27 bits per heavy atom. The molecule has 0 aliphatic heterocycles. The smallest absolute Gasteiger partial charge is 0.462 e. The summed E-state index contributed by atoms with van der Waals surface area (Å²) < 4.78 is 21.7. The third kappa shape index (κ3) is 2.11. The van der Waals surface area contributed by atoms with E-state index in [2.05, 4.69) is 6.58 Å². The van der Waals surface area contributed by atoms with Crippen molar-refractivity contribution in [2.45, 2.75) is 25.4 Å². The minimum Gasteiger partial charge on any atom is -0.462 e. The molecule has 0 amide bonds. The first-order valence-electron chi connectivity index (χ1n) is 5.03. The van der Waals surface area contributed by atoms with Crippen LogP contribution in [0.2, 0.25) is 0 Å². The predicted octanol–water partition coefficient (Wildman–Crippen LogP) is 2.27. The molecule has 0 spiro atoms. The monoisotopic (exact) mass is 231 g/mol. The lowest BCUT2D eigenvalue weighted by molar-refractivity contribution is -0.143. The zero-order valence-electron chi connectivity index (χ0n) is 9.06. The Balaban J connectivity index is 2.77. The largest absolute Gasteiger partial charge is 0.527 e. The molecule has 15 heavy (non-hydrogen) atoms. The van der Waals surface area contributed by atoms with Gasteiger partial charge in [0.2, 0.25) is 0 Å². The van der Waals surface area contributed by atoms with E-state index in [1.807, 2.05) is 0 Å². The molecule has 0 aromatic heterocycles. The molecule has 0 bridgehead atoms. The molecule has 1 rings (SSSR count). The van der Waals surface area contributed by atoms with Gasteiger partial charge >= 0.3 is 14.0 Å². The Morgan fingerprint density at radius 3 is 2.67 bits per heavy atom. The molecule has 3 unspecified atom stereocenters. The molecule has 0 saturated heterocycles. The summed E-state index contributed by atoms with van der Waals surface area (Å²) in [5.41, 5.74) is 0. The number of carbonyl (C=O) groups excluding carboxylic acids is 1. The van der Waals surface area contributed by atoms with Gasteiger partial charge in [-0.2, -0.15) is 0 Å². The third-order valence-electron chi connectivity index (χ3n) is 2.47. The van der Waals surface area contributed by atoms with Gasteiger partial charge in [0.05, 0.1) is 13.2 Å². The molecule has 0 aromatic carbocycles. The van der Waals surface area contributed by atoms with Gasteiger partial charge < -0.3 is 4.74 Å². The minimum atomic E-state index is -2.00. The number of esters is 1. The maximum Gasteiger partial charge on any atom is 0.527 e. The Kier molecular flexibility index (Phi) is 4.00. The van der Waals surface area contributed by atoms with Gasteiger partial charge in [0.1, 0.15) is 0 Å². The van der Waals surface area contributed by atoms with Crippen LogP contribution in [0, 0.1) is 5.92 Å². The Morgan fingerprint density at radius 1 is 1.60 bits per heavy atom. The van der Waals surface area contributed by atoms with E-state index in [9.17, 15) is 9.36 Å². The average molecular weight is 231 g/mol. The first-order chi connectivity index (χ1) is 7.13. The van der Waals surface area contributed by atoms with Crippen molar-refractivity contribution >= 4 is 14.0 Å². The molecular weight excluding hydrogens is 215 g/mol. The number of allylic oxidation sites excluding steroid dienone is 1. The molecule has 1 fully saturated rings. The number of carbonyl (C=O) groups is 1. The summed E-state index contributed by atoms with van der Waals surface area (Å²) in [5.74, 6) is -0.504. The molecule has 1 aliphatic carbocycles. The van der Waals surface area contributed by atoms with Crippen molar-refractivity contribution in [1.82, 2.24) is 0 Å². The fraction of sp³-hybridized carbons (Fsp3) is 0.700. The first kappa shape index (κ1) is 12.3. The highest BCUT2D eigenvalue weighted by molar-refractivity contribution is 7.43. The zero-order chi connectivity index (χ0) is 11.5. The minimum absolute atomic E-state index is 0.0771. The molecule has 84 valence electrons. The number of hydrogen-bond acceptors (Lipinski definition) is 4. The Bertz CT molecular complexity index is 269. The second-order valence-corrected chi connectivity index (χ2v) is 4.94. The normalized spacial score (nSPS) is 29.5. The Labute approximate surface area is 90.5 Å². The molecule has 1 saturated carbocycles. The van der Waals surface area contributed by atoms with E-state index in [4.69, 9.17) is 9.26 Å². The van der Waals surface area contributed by atoms with E-state index in [0.29, 0.717) is 19.6 Å². The van der Waals surface area contributed by atoms with Crippen LogP contribution in [0.25, 0.3) is 0 Å². The van der Waals surface area contributed by atoms with E-state index in [-0.39, 0.29) is 5.92 Å². The molecule has 5 heteroatoms. The second-order valence-electron chi connectivity index (χ2n) is 3.37. The summed E-state index contributed by atoms with van der Waals surface area (Å²) in [5, 5.41) is -0.955. The quantitative estimate of drug-likeness (QED) is 0.399. The predicted molar refractivity (Wildman–Crippen MR) is 56.9 cm³/mol. The van der Waals surface area contributed by atoms with Crippen LogP contribution < -0.4 is 0 Å². The average Bonchev–Trinajstić information content (AvgIpc) is 2.94. The molecule has 1 aliphatic rings. The molecule has 4 nitrogen and oxygen atoms in total. The van der Waals surface area contributed by atoms with Crippen LogP contribution in [-0.2, 0) is 18.6 Å². The fourth-order valence-corrected chi connectivity index (χ4v) is 2.96. The van der Waals surface area contributed by atoms with Gasteiger partial charge in [-0.1, -0.05) is 6.08 Å². The Hall–Kier alpha value is -0.730. The first-order valence-corrected chi connectivity index (χ1v) is 6.21. The highest BCUT2D eigenvalue weighted by Crippen LogP contribution is 2.63. The second kappa shape index (κ2) is 4.86. The lowest BCUT2D eigenvalue weighted by Gasteiger charge is -2.03. The summed E-state index contributed by atoms with van der Waals surface area (Å²) in [4.78, 5) is 11.7. The maximum atomic E-state index is 11.8. The van der Waals surface area contributed by atoms with E-state index in [0.717, 1.165) is 0 Å². The van der Waals surface area contributed by atoms with Crippen molar-refractivity contribution in [2.75, 3.05) is 13.2 Å². The van der Waals surface area contributed by atoms with Crippen LogP contribution >= 0.6 is 8.03 Å². The van der Waals surface area contributed by atoms with E-state index in [1.165, 1.54) is 0 Å². The molecule has 3 atom stereocenters. The van der Waals surface area contributed by atoms with Gasteiger partial charge in [0.15, 0.2) is 0 Å². The van der Waals surface area contributed by atoms with Crippen molar-refractivity contribution in [3.05, 3.63) is 12.7 Å². The molecule has 0 radical (unpaired) electrons. The van der Waals surface area contributed by atoms with Gasteiger partial charge in [-0.05, 0) is 18.4 Å². The summed E-state index contributed by atoms with van der Waals surface area (Å²) in [7, 11) is -2.00. The van der Waals surface area contributed by atoms with Crippen molar-refractivity contribution in [3.8, 4) is 0 Å². The summed E-state index contributed by atoms with van der Waals surface area (Å²) in [6.07, 6.45) is 2.16. The lowest BCUT2D eigenvalue weighted by Crippen LogP contribution is -2.24. The van der Waals surface area contributed by atoms with Crippen LogP contribution in [0.15, 0.2) is 12.7 Å². The van der Waals surface area contributed by atoms with E-state index < -0.39 is 19.2 Å². The number of ether oxygens (including phenoxy) is 1. The summed E-state index contributed by atoms with van der Waals surface area (Å²) in [6.45, 7) is 7.71. The highest BCUT2D eigenvalue weighted by atomic mass is 31.1. The van der Waals surface area contributed by atoms with Gasteiger partial charge in [-0.15, -0.1) is 11.1 Å². The van der Waals surface area contributed by atoms with Crippen molar-refractivity contribution in [1.29, 1.82) is 0 Å². The maximum absolute atomic E-state index is 11.8. The topological polar surface area (TPSA) is 52.6 Å². The van der Waals surface area contributed by atoms with Gasteiger partial charge in [0, 0.05) is 12.3 Å². The summed E-state index contributed by atoms with van der Waals surface area (Å²) in [6, 6.07) is 0. The number of hydrogen-bond donors (Lipinski definition) is 0. The SMILES string of the molecule is C=CC1CC1(C(=O)OCC)[P+](=O)OCC. The third-order valence-corrected chi connectivity index (χ3v) is 4.31. The number of rotatable bonds is 6. The van der Waals surface area contributed by atoms with Crippen molar-refractivity contribution in [2.24, 2.45) is 5.92 Å². The van der Waals surface area contributed by atoms with Crippen LogP contribution in [-0.4, -0.2) is 24.3 Å². The molecule has 0 heterocycles. The standard InChI is InChI=1S/C10H16O4P/c1-4-8-7-10(8,9(11)13-5-2)15(12)14-6-3/h4,8H,1,5-7H2,2-3H3/q+1. The van der Waals surface area contributed by atoms with Crippen LogP contribution in [0.3, 0.4) is 0 Å². The van der Waals surface area contributed by atoms with Crippen LogP contribution in [0.4, 0.5) is 0 Å². The zero-order valence-corrected chi connectivity index (χ0v) is 9.96. The van der Waals surface area contributed by atoms with Crippen molar-refractivity contribution in [3.63, 3.8) is 0 Å². The molecule has 0 N–H and O–H groups in total. The summed E-state index contributed by atoms with van der Waals surface area (Å²) >= 11 is 0. The van der Waals surface area contributed by atoms with E-state index >= 15 is 0 Å². The van der Waals surface area contributed by atoms with Crippen LogP contribution in [0.1, 0.15) is 20.3 Å². The molecular formula is C10H16O4P+. The lowest BCUT2D eigenvalue weighted by atomic mass is 10.3. The van der Waals surface area contributed by atoms with Gasteiger partial charge in [-0.25, -0.2) is 4.79 Å². The highest BCUT2D eigenvalue weighted by Gasteiger charge is 2.76. The van der Waals surface area contributed by atoms with E-state index in [1.54, 1.807) is 19.9 Å². The van der Waals surface area contributed by atoms with Gasteiger partial charge in [0.25, 0.3) is 5.16 Å². The van der Waals surface area contributed by atoms with Crippen LogP contribution in [0.5, 0.6) is 0 Å². The van der Waals surface area contributed by atoms with Gasteiger partial charge in [-0.3, -0.25) is 0 Å².